The van der Waals surface area contributed by atoms with Crippen molar-refractivity contribution in [2.75, 3.05) is 0 Å². The van der Waals surface area contributed by atoms with Crippen LogP contribution in [0.5, 0.6) is 0 Å². The first-order valence-corrected chi connectivity index (χ1v) is 6.72. The Hall–Kier alpha value is -2.07. The van der Waals surface area contributed by atoms with Crippen LogP contribution < -0.4 is 5.32 Å². The third-order valence-corrected chi connectivity index (χ3v) is 3.15. The molecule has 0 saturated carbocycles. The van der Waals surface area contributed by atoms with Crippen molar-refractivity contribution >= 4 is 23.7 Å². The molecule has 0 radical (unpaired) electrons. The zero-order valence-corrected chi connectivity index (χ0v) is 11.7. The quantitative estimate of drug-likeness (QED) is 0.829. The third kappa shape index (κ3) is 3.96. The Morgan fingerprint density at radius 3 is 2.05 bits per heavy atom. The first kappa shape index (κ1) is 14.3. The smallest absolute Gasteiger partial charge is 0.225 e. The van der Waals surface area contributed by atoms with Crippen LogP contribution >= 0.6 is 12.6 Å². The van der Waals surface area contributed by atoms with Crippen LogP contribution in [-0.2, 0) is 16.0 Å². The summed E-state index contributed by atoms with van der Waals surface area (Å²) in [4.78, 5) is 23.6. The Morgan fingerprint density at radius 2 is 1.50 bits per heavy atom. The van der Waals surface area contributed by atoms with Crippen LogP contribution in [0.4, 0.5) is 0 Å². The van der Waals surface area contributed by atoms with E-state index in [1.165, 1.54) is 0 Å². The van der Waals surface area contributed by atoms with E-state index in [2.05, 4.69) is 17.9 Å². The van der Waals surface area contributed by atoms with E-state index >= 15 is 0 Å². The topological polar surface area (TPSA) is 46.2 Å². The van der Waals surface area contributed by atoms with E-state index in [0.717, 1.165) is 11.1 Å². The molecule has 4 heteroatoms. The molecule has 0 aliphatic heterocycles. The lowest BCUT2D eigenvalue weighted by Gasteiger charge is -2.15. The maximum absolute atomic E-state index is 12.0. The van der Waals surface area contributed by atoms with Crippen LogP contribution in [0.3, 0.4) is 0 Å². The summed E-state index contributed by atoms with van der Waals surface area (Å²) in [5.41, 5.74) is 1.64. The number of thiol groups is 1. The fourth-order valence-electron chi connectivity index (χ4n) is 1.93. The highest BCUT2D eigenvalue weighted by atomic mass is 32.1. The minimum Gasteiger partial charge on any atom is -0.341 e. The highest BCUT2D eigenvalue weighted by Crippen LogP contribution is 2.15. The van der Waals surface area contributed by atoms with Crippen molar-refractivity contribution in [3.63, 3.8) is 0 Å². The summed E-state index contributed by atoms with van der Waals surface area (Å²) < 4.78 is 0. The summed E-state index contributed by atoms with van der Waals surface area (Å²) in [5, 5.41) is 2.34. The molecule has 0 heterocycles. The van der Waals surface area contributed by atoms with Crippen molar-refractivity contribution < 1.29 is 9.59 Å². The van der Waals surface area contributed by atoms with Crippen molar-refractivity contribution in [2.45, 2.75) is 12.5 Å². The van der Waals surface area contributed by atoms with E-state index < -0.39 is 6.04 Å². The molecule has 0 bridgehead atoms. The standard InChI is InChI=1S/C16H15NO2S/c18-14(11-12-7-3-1-4-8-12)17-15(16(19)20)13-9-5-2-6-10-13/h1-10,15H,11H2,(H,17,18)(H,19,20). The first-order valence-electron chi connectivity index (χ1n) is 6.28. The highest BCUT2D eigenvalue weighted by molar-refractivity contribution is 7.96. The van der Waals surface area contributed by atoms with Gasteiger partial charge in [0, 0.05) is 0 Å². The normalized spacial score (nSPS) is 11.7. The lowest BCUT2D eigenvalue weighted by atomic mass is 10.1. The summed E-state index contributed by atoms with van der Waals surface area (Å²) in [6.07, 6.45) is 0.241. The van der Waals surface area contributed by atoms with Crippen LogP contribution in [-0.4, -0.2) is 11.0 Å². The van der Waals surface area contributed by atoms with E-state index in [9.17, 15) is 9.59 Å². The molecule has 0 saturated heterocycles. The number of amides is 1. The van der Waals surface area contributed by atoms with Crippen LogP contribution in [0.1, 0.15) is 17.2 Å². The molecule has 1 N–H and O–H groups in total. The van der Waals surface area contributed by atoms with Gasteiger partial charge in [0.25, 0.3) is 0 Å². The van der Waals surface area contributed by atoms with Crippen LogP contribution in [0.2, 0.25) is 0 Å². The largest absolute Gasteiger partial charge is 0.341 e. The number of carbonyl (C=O) groups is 2. The van der Waals surface area contributed by atoms with Gasteiger partial charge in [0.1, 0.15) is 6.04 Å². The van der Waals surface area contributed by atoms with Gasteiger partial charge in [-0.2, -0.15) is 0 Å². The second-order valence-corrected chi connectivity index (χ2v) is 4.85. The van der Waals surface area contributed by atoms with Crippen molar-refractivity contribution in [3.8, 4) is 0 Å². The second-order valence-electron chi connectivity index (χ2n) is 4.41. The second kappa shape index (κ2) is 6.91. The van der Waals surface area contributed by atoms with Crippen LogP contribution in [0, 0.1) is 0 Å². The summed E-state index contributed by atoms with van der Waals surface area (Å²) in [6.45, 7) is 0. The van der Waals surface area contributed by atoms with E-state index in [-0.39, 0.29) is 17.4 Å². The van der Waals surface area contributed by atoms with Crippen molar-refractivity contribution in [1.82, 2.24) is 5.32 Å². The van der Waals surface area contributed by atoms with Crippen LogP contribution in [0.25, 0.3) is 0 Å². The highest BCUT2D eigenvalue weighted by Gasteiger charge is 2.19. The van der Waals surface area contributed by atoms with Crippen LogP contribution in [0.15, 0.2) is 60.7 Å². The lowest BCUT2D eigenvalue weighted by molar-refractivity contribution is -0.124. The molecule has 20 heavy (non-hydrogen) atoms. The average molecular weight is 285 g/mol. The van der Waals surface area contributed by atoms with Gasteiger partial charge >= 0.3 is 0 Å². The van der Waals surface area contributed by atoms with Gasteiger partial charge < -0.3 is 5.32 Å². The molecule has 1 atom stereocenters. The molecular weight excluding hydrogens is 270 g/mol. The fraction of sp³-hybridized carbons (Fsp3) is 0.125. The summed E-state index contributed by atoms with van der Waals surface area (Å²) >= 11 is 3.85. The van der Waals surface area contributed by atoms with E-state index in [0.29, 0.717) is 0 Å². The number of hydrogen-bond donors (Lipinski definition) is 2. The maximum atomic E-state index is 12.0. The molecule has 0 fully saturated rings. The molecular formula is C16H15NO2S. The molecule has 2 aromatic rings. The molecule has 0 aliphatic rings. The van der Waals surface area contributed by atoms with Crippen molar-refractivity contribution in [1.29, 1.82) is 0 Å². The van der Waals surface area contributed by atoms with Gasteiger partial charge in [-0.3, -0.25) is 9.59 Å². The molecule has 2 rings (SSSR count). The minimum atomic E-state index is -0.712. The van der Waals surface area contributed by atoms with Gasteiger partial charge in [0.05, 0.1) is 6.42 Å². The van der Waals surface area contributed by atoms with Gasteiger partial charge in [-0.25, -0.2) is 0 Å². The lowest BCUT2D eigenvalue weighted by Crippen LogP contribution is -2.33. The number of rotatable bonds is 5. The number of hydrogen-bond acceptors (Lipinski definition) is 2. The Kier molecular flexibility index (Phi) is 4.96. The zero-order chi connectivity index (χ0) is 14.4. The van der Waals surface area contributed by atoms with Gasteiger partial charge in [-0.15, -0.1) is 12.6 Å². The maximum Gasteiger partial charge on any atom is 0.225 e. The van der Waals surface area contributed by atoms with E-state index in [4.69, 9.17) is 0 Å². The van der Waals surface area contributed by atoms with Gasteiger partial charge in [0.15, 0.2) is 0 Å². The monoisotopic (exact) mass is 285 g/mol. The van der Waals surface area contributed by atoms with Crippen molar-refractivity contribution in [2.24, 2.45) is 0 Å². The van der Waals surface area contributed by atoms with E-state index in [1.54, 1.807) is 12.1 Å². The first-order chi connectivity index (χ1) is 9.66. The average Bonchev–Trinajstić information content (AvgIpc) is 2.46. The third-order valence-electron chi connectivity index (χ3n) is 2.89. The number of carbonyl (C=O) groups excluding carboxylic acids is 2. The van der Waals surface area contributed by atoms with Gasteiger partial charge in [-0.05, 0) is 11.1 Å². The Balaban J connectivity index is 2.06. The molecule has 3 nitrogen and oxygen atoms in total. The minimum absolute atomic E-state index is 0.201. The predicted octanol–water partition coefficient (Wildman–Crippen LogP) is 2.54. The van der Waals surface area contributed by atoms with E-state index in [1.807, 2.05) is 48.5 Å². The number of benzene rings is 2. The summed E-state index contributed by atoms with van der Waals surface area (Å²) in [6, 6.07) is 17.8. The molecule has 1 unspecified atom stereocenters. The SMILES string of the molecule is O=C(Cc1ccccc1)NC(C(=O)S)c1ccccc1. The fourth-order valence-corrected chi connectivity index (χ4v) is 2.14. The zero-order valence-electron chi connectivity index (χ0n) is 10.8. The van der Waals surface area contributed by atoms with Gasteiger partial charge in [-0.1, -0.05) is 60.7 Å². The molecule has 0 aliphatic carbocycles. The van der Waals surface area contributed by atoms with Gasteiger partial charge in [0.2, 0.25) is 11.0 Å². The molecule has 102 valence electrons. The Bertz CT molecular complexity index is 584. The number of nitrogens with one attached hydrogen (secondary N) is 1. The summed E-state index contributed by atoms with van der Waals surface area (Å²) in [7, 11) is 0. The molecule has 1 amide bonds. The molecule has 0 spiro atoms. The summed E-state index contributed by atoms with van der Waals surface area (Å²) in [5.74, 6) is -0.201. The Morgan fingerprint density at radius 1 is 0.950 bits per heavy atom. The molecule has 0 aromatic heterocycles. The Labute approximate surface area is 123 Å². The van der Waals surface area contributed by atoms with Crippen molar-refractivity contribution in [3.05, 3.63) is 71.8 Å². The molecule has 2 aromatic carbocycles. The predicted molar refractivity (Wildman–Crippen MR) is 81.5 cm³/mol.